The molecule has 56 valence electrons. The first-order valence-corrected chi connectivity index (χ1v) is 4.49. The molecular weight excluding hydrogens is 144 g/mol. The van der Waals surface area contributed by atoms with Crippen LogP contribution in [-0.2, 0) is 6.42 Å². The molecule has 0 saturated carbocycles. The summed E-state index contributed by atoms with van der Waals surface area (Å²) in [5.41, 5.74) is 6.30. The van der Waals surface area contributed by atoms with Crippen molar-refractivity contribution < 1.29 is 0 Å². The van der Waals surface area contributed by atoms with E-state index < -0.39 is 0 Å². The second kappa shape index (κ2) is 1.42. The smallest absolute Gasteiger partial charge is 0.00133 e. The molecule has 0 N–H and O–H groups in total. The van der Waals surface area contributed by atoms with E-state index in [0.29, 0.717) is 0 Å². The fourth-order valence-electron chi connectivity index (χ4n) is 2.50. The molecule has 0 amide bonds. The van der Waals surface area contributed by atoms with Crippen LogP contribution in [0.15, 0.2) is 24.3 Å². The Kier molecular flexibility index (Phi) is 0.637. The summed E-state index contributed by atoms with van der Waals surface area (Å²) < 4.78 is 0. The third-order valence-corrected chi connectivity index (χ3v) is 3.19. The molecule has 0 aliphatic heterocycles. The van der Waals surface area contributed by atoms with Crippen molar-refractivity contribution in [3.05, 3.63) is 45.8 Å². The lowest BCUT2D eigenvalue weighted by Crippen LogP contribution is -2.25. The minimum Gasteiger partial charge on any atom is -0.0578 e. The minimum atomic E-state index is 1.20. The van der Waals surface area contributed by atoms with Crippen LogP contribution in [0.5, 0.6) is 0 Å². The van der Waals surface area contributed by atoms with Gasteiger partial charge in [0.1, 0.15) is 0 Å². The normalized spacial score (nSPS) is 20.0. The first-order chi connectivity index (χ1) is 5.93. The highest BCUT2D eigenvalue weighted by molar-refractivity contribution is 5.86. The average molecular weight is 152 g/mol. The molecule has 0 saturated heterocycles. The maximum atomic E-state index is 2.30. The molecule has 3 aliphatic carbocycles. The van der Waals surface area contributed by atoms with E-state index in [9.17, 15) is 0 Å². The van der Waals surface area contributed by atoms with Crippen molar-refractivity contribution in [1.82, 2.24) is 0 Å². The molecule has 2 bridgehead atoms. The minimum absolute atomic E-state index is 1.20. The monoisotopic (exact) mass is 152 g/mol. The molecule has 0 heteroatoms. The third-order valence-electron chi connectivity index (χ3n) is 3.19. The van der Waals surface area contributed by atoms with Gasteiger partial charge in [0.2, 0.25) is 0 Å². The highest BCUT2D eigenvalue weighted by Gasteiger charge is 2.24. The van der Waals surface area contributed by atoms with Gasteiger partial charge in [-0.1, -0.05) is 24.3 Å². The Morgan fingerprint density at radius 2 is 1.83 bits per heavy atom. The van der Waals surface area contributed by atoms with Crippen molar-refractivity contribution in [3.8, 4) is 0 Å². The standard InChI is InChI=1S/C12H8/c1-2-9-5-7(1)10-4-3-8-6-11(8)12(9)10/h1-4H,5-6H2. The number of benzene rings is 1. The van der Waals surface area contributed by atoms with E-state index in [4.69, 9.17) is 0 Å². The van der Waals surface area contributed by atoms with Crippen molar-refractivity contribution in [2.45, 2.75) is 12.8 Å². The molecule has 12 heavy (non-hydrogen) atoms. The van der Waals surface area contributed by atoms with Crippen molar-refractivity contribution in [3.63, 3.8) is 0 Å². The molecule has 4 rings (SSSR count). The molecular formula is C12H8. The van der Waals surface area contributed by atoms with Gasteiger partial charge in [-0.25, -0.2) is 0 Å². The summed E-state index contributed by atoms with van der Waals surface area (Å²) in [6.45, 7) is 0. The lowest BCUT2D eigenvalue weighted by molar-refractivity contribution is 1.50. The van der Waals surface area contributed by atoms with E-state index in [2.05, 4.69) is 24.3 Å². The largest absolute Gasteiger partial charge is 0.0578 e. The summed E-state index contributed by atoms with van der Waals surface area (Å²) in [4.78, 5) is 0. The van der Waals surface area contributed by atoms with Crippen LogP contribution < -0.4 is 10.4 Å². The van der Waals surface area contributed by atoms with E-state index in [1.807, 2.05) is 0 Å². The third kappa shape index (κ3) is 0.428. The lowest BCUT2D eigenvalue weighted by atomic mass is 10.1. The summed E-state index contributed by atoms with van der Waals surface area (Å²) in [6, 6.07) is 4.59. The first kappa shape index (κ1) is 5.36. The van der Waals surface area contributed by atoms with Gasteiger partial charge in [-0.15, -0.1) is 0 Å². The van der Waals surface area contributed by atoms with E-state index in [1.165, 1.54) is 23.6 Å². The number of rotatable bonds is 0. The number of allylic oxidation sites excluding steroid dienone is 2. The van der Waals surface area contributed by atoms with Gasteiger partial charge in [0.15, 0.2) is 0 Å². The Balaban J connectivity index is 2.45. The van der Waals surface area contributed by atoms with Gasteiger partial charge < -0.3 is 0 Å². The molecule has 1 aromatic carbocycles. The number of hydrogen-bond acceptors (Lipinski definition) is 0. The van der Waals surface area contributed by atoms with Crippen molar-refractivity contribution in [2.24, 2.45) is 0 Å². The van der Waals surface area contributed by atoms with Crippen LogP contribution in [0.3, 0.4) is 0 Å². The molecule has 0 heterocycles. The van der Waals surface area contributed by atoms with Gasteiger partial charge in [-0.05, 0) is 45.6 Å². The highest BCUT2D eigenvalue weighted by Crippen LogP contribution is 2.29. The summed E-state index contributed by atoms with van der Waals surface area (Å²) >= 11 is 0. The van der Waals surface area contributed by atoms with Crippen LogP contribution in [0, 0.1) is 0 Å². The Morgan fingerprint density at radius 1 is 0.917 bits per heavy atom. The second-order valence-electron chi connectivity index (χ2n) is 3.86. The van der Waals surface area contributed by atoms with Crippen LogP contribution in [0.25, 0.3) is 11.1 Å². The highest BCUT2D eigenvalue weighted by atomic mass is 14.3. The zero-order chi connectivity index (χ0) is 7.71. The molecule has 3 aliphatic rings. The molecule has 1 aromatic rings. The zero-order valence-corrected chi connectivity index (χ0v) is 6.72. The quantitative estimate of drug-likeness (QED) is 0.525. The Bertz CT molecular complexity index is 556. The molecule has 0 nitrogen and oxygen atoms in total. The molecule has 0 aromatic heterocycles. The maximum absolute atomic E-state index is 2.30. The van der Waals surface area contributed by atoms with Crippen molar-refractivity contribution in [1.29, 1.82) is 0 Å². The molecule has 0 atom stereocenters. The van der Waals surface area contributed by atoms with Gasteiger partial charge in [-0.2, -0.15) is 0 Å². The molecule has 0 unspecified atom stereocenters. The van der Waals surface area contributed by atoms with Crippen molar-refractivity contribution in [2.75, 3.05) is 0 Å². The van der Waals surface area contributed by atoms with Gasteiger partial charge >= 0.3 is 0 Å². The van der Waals surface area contributed by atoms with Crippen LogP contribution in [0.1, 0.15) is 17.5 Å². The second-order valence-corrected chi connectivity index (χ2v) is 3.86. The van der Waals surface area contributed by atoms with Gasteiger partial charge in [0.05, 0.1) is 0 Å². The van der Waals surface area contributed by atoms with Crippen LogP contribution in [0.4, 0.5) is 0 Å². The maximum Gasteiger partial charge on any atom is -0.00133 e. The molecule has 0 spiro atoms. The van der Waals surface area contributed by atoms with Crippen LogP contribution >= 0.6 is 0 Å². The van der Waals surface area contributed by atoms with E-state index in [1.54, 1.807) is 21.9 Å². The number of fused-ring (bicyclic) bond motifs is 5. The van der Waals surface area contributed by atoms with Crippen molar-refractivity contribution >= 4 is 11.1 Å². The van der Waals surface area contributed by atoms with Gasteiger partial charge in [0.25, 0.3) is 0 Å². The Hall–Kier alpha value is -1.30. The zero-order valence-electron chi connectivity index (χ0n) is 6.72. The number of hydrogen-bond donors (Lipinski definition) is 0. The summed E-state index contributed by atoms with van der Waals surface area (Å²) in [7, 11) is 0. The first-order valence-electron chi connectivity index (χ1n) is 4.49. The fraction of sp³-hybridized carbons (Fsp3) is 0.167. The van der Waals surface area contributed by atoms with Crippen LogP contribution in [-0.4, -0.2) is 0 Å². The predicted octanol–water partition coefficient (Wildman–Crippen LogP) is 0.866. The Labute approximate surface area is 70.5 Å². The van der Waals surface area contributed by atoms with E-state index in [-0.39, 0.29) is 0 Å². The lowest BCUT2D eigenvalue weighted by Gasteiger charge is -1.90. The summed E-state index contributed by atoms with van der Waals surface area (Å²) in [5.74, 6) is 0. The Morgan fingerprint density at radius 3 is 2.83 bits per heavy atom. The molecule has 0 fully saturated rings. The van der Waals surface area contributed by atoms with Crippen LogP contribution in [0.2, 0.25) is 0 Å². The van der Waals surface area contributed by atoms with Gasteiger partial charge in [0, 0.05) is 0 Å². The topological polar surface area (TPSA) is 0 Å². The SMILES string of the molecule is C1=CC2=c3c4c(ccc3=C1C2)C4. The fourth-order valence-corrected chi connectivity index (χ4v) is 2.50. The van der Waals surface area contributed by atoms with E-state index in [0.717, 1.165) is 0 Å². The average Bonchev–Trinajstić information content (AvgIpc) is 2.62. The van der Waals surface area contributed by atoms with E-state index >= 15 is 0 Å². The van der Waals surface area contributed by atoms with Gasteiger partial charge in [-0.3, -0.25) is 0 Å². The predicted molar refractivity (Wildman–Crippen MR) is 49.1 cm³/mol. The molecule has 0 radical (unpaired) electrons. The summed E-state index contributed by atoms with van der Waals surface area (Å²) in [6.07, 6.45) is 7.01. The summed E-state index contributed by atoms with van der Waals surface area (Å²) in [5, 5.41) is 3.11.